The Kier molecular flexibility index (Phi) is 6.03. The first-order valence-electron chi connectivity index (χ1n) is 8.39. The van der Waals surface area contributed by atoms with Crippen molar-refractivity contribution in [2.24, 2.45) is 5.92 Å². The van der Waals surface area contributed by atoms with Gasteiger partial charge in [0.2, 0.25) is 0 Å². The Labute approximate surface area is 142 Å². The van der Waals surface area contributed by atoms with Crippen LogP contribution in [0.15, 0.2) is 31.0 Å². The molecule has 0 aliphatic carbocycles. The molecule has 1 fully saturated rings. The van der Waals surface area contributed by atoms with E-state index >= 15 is 0 Å². The fraction of sp³-hybridized carbons (Fsp3) is 0.529. The summed E-state index contributed by atoms with van der Waals surface area (Å²) in [6, 6.07) is 2.01. The number of nitrogens with one attached hydrogen (secondary N) is 1. The van der Waals surface area contributed by atoms with Crippen molar-refractivity contribution in [3.05, 3.63) is 36.7 Å². The Morgan fingerprint density at radius 1 is 1.17 bits per heavy atom. The lowest BCUT2D eigenvalue weighted by Crippen LogP contribution is -2.36. The number of hydrogen-bond donors (Lipinski definition) is 1. The molecule has 3 heterocycles. The Morgan fingerprint density at radius 2 is 2.04 bits per heavy atom. The van der Waals surface area contributed by atoms with Gasteiger partial charge in [0.05, 0.1) is 12.8 Å². The van der Waals surface area contributed by atoms with E-state index in [0.29, 0.717) is 11.7 Å². The molecule has 0 spiro atoms. The van der Waals surface area contributed by atoms with Gasteiger partial charge in [-0.1, -0.05) is 0 Å². The zero-order chi connectivity index (χ0) is 16.6. The molecule has 7 nitrogen and oxygen atoms in total. The number of rotatable bonds is 7. The fourth-order valence-corrected chi connectivity index (χ4v) is 3.00. The molecule has 128 valence electrons. The van der Waals surface area contributed by atoms with E-state index in [1.807, 2.05) is 6.07 Å². The average Bonchev–Trinajstić information content (AvgIpc) is 2.62. The van der Waals surface area contributed by atoms with Crippen LogP contribution >= 0.6 is 0 Å². The van der Waals surface area contributed by atoms with Gasteiger partial charge in [-0.3, -0.25) is 4.98 Å². The number of nitrogens with zero attached hydrogens (tertiary/aromatic N) is 5. The molecule has 0 radical (unpaired) electrons. The van der Waals surface area contributed by atoms with Gasteiger partial charge in [-0.05, 0) is 38.3 Å². The molecular weight excluding hydrogens is 304 g/mol. The van der Waals surface area contributed by atoms with Crippen molar-refractivity contribution in [2.45, 2.75) is 19.3 Å². The van der Waals surface area contributed by atoms with E-state index in [4.69, 9.17) is 4.74 Å². The second kappa shape index (κ2) is 8.65. The molecule has 24 heavy (non-hydrogen) atoms. The maximum Gasteiger partial charge on any atom is 0.150 e. The molecule has 1 saturated heterocycles. The van der Waals surface area contributed by atoms with Gasteiger partial charge in [-0.15, -0.1) is 0 Å². The molecule has 1 aliphatic heterocycles. The van der Waals surface area contributed by atoms with Crippen molar-refractivity contribution in [2.75, 3.05) is 38.7 Å². The van der Waals surface area contributed by atoms with E-state index in [-0.39, 0.29) is 0 Å². The van der Waals surface area contributed by atoms with Crippen LogP contribution in [0.1, 0.15) is 18.5 Å². The number of ether oxygens (including phenoxy) is 1. The lowest BCUT2D eigenvalue weighted by molar-refractivity contribution is 0.120. The summed E-state index contributed by atoms with van der Waals surface area (Å²) in [7, 11) is 1.76. The standard InChI is InChI=1S/C17H24N6O/c1-24-9-8-23-6-2-14(3-7-23)10-15-11-16(21-13-20-15)22-17-12-18-4-5-19-17/h4-5,11-14H,2-3,6-10H2,1H3,(H,19,20,21,22). The minimum absolute atomic E-state index is 0.683. The highest BCUT2D eigenvalue weighted by molar-refractivity contribution is 5.49. The van der Waals surface area contributed by atoms with E-state index in [1.165, 1.54) is 12.8 Å². The van der Waals surface area contributed by atoms with Crippen LogP contribution in [0, 0.1) is 5.92 Å². The van der Waals surface area contributed by atoms with Crippen molar-refractivity contribution >= 4 is 11.6 Å². The van der Waals surface area contributed by atoms with Gasteiger partial charge >= 0.3 is 0 Å². The molecule has 0 saturated carbocycles. The predicted octanol–water partition coefficient (Wildman–Crippen LogP) is 1.91. The normalized spacial score (nSPS) is 16.2. The lowest BCUT2D eigenvalue weighted by Gasteiger charge is -2.31. The number of piperidine rings is 1. The Balaban J connectivity index is 1.52. The topological polar surface area (TPSA) is 76.1 Å². The van der Waals surface area contributed by atoms with Gasteiger partial charge in [0, 0.05) is 37.8 Å². The number of hydrogen-bond acceptors (Lipinski definition) is 7. The van der Waals surface area contributed by atoms with Crippen LogP contribution in [0.3, 0.4) is 0 Å². The maximum absolute atomic E-state index is 5.15. The smallest absolute Gasteiger partial charge is 0.150 e. The van der Waals surface area contributed by atoms with Crippen molar-refractivity contribution in [1.82, 2.24) is 24.8 Å². The van der Waals surface area contributed by atoms with Crippen LogP contribution in [-0.4, -0.2) is 58.2 Å². The monoisotopic (exact) mass is 328 g/mol. The van der Waals surface area contributed by atoms with Crippen molar-refractivity contribution in [1.29, 1.82) is 0 Å². The van der Waals surface area contributed by atoms with E-state index in [0.717, 1.165) is 44.2 Å². The summed E-state index contributed by atoms with van der Waals surface area (Å²) in [5.41, 5.74) is 1.08. The van der Waals surface area contributed by atoms with Crippen molar-refractivity contribution < 1.29 is 4.74 Å². The molecule has 0 aromatic carbocycles. The van der Waals surface area contributed by atoms with Gasteiger partial charge in [0.15, 0.2) is 0 Å². The summed E-state index contributed by atoms with van der Waals surface area (Å²) in [4.78, 5) is 19.4. The number of methoxy groups -OCH3 is 1. The molecule has 2 aromatic heterocycles. The Bertz CT molecular complexity index is 615. The van der Waals surface area contributed by atoms with E-state index in [2.05, 4.69) is 30.2 Å². The second-order valence-electron chi connectivity index (χ2n) is 6.09. The van der Waals surface area contributed by atoms with Crippen LogP contribution < -0.4 is 5.32 Å². The largest absolute Gasteiger partial charge is 0.383 e. The number of likely N-dealkylation sites (tertiary alicyclic amines) is 1. The molecule has 1 N–H and O–H groups in total. The third-order valence-electron chi connectivity index (χ3n) is 4.36. The number of aromatic nitrogens is 4. The lowest BCUT2D eigenvalue weighted by atomic mass is 9.92. The number of anilines is 2. The molecule has 0 atom stereocenters. The van der Waals surface area contributed by atoms with Crippen LogP contribution in [0.4, 0.5) is 11.6 Å². The van der Waals surface area contributed by atoms with Gasteiger partial charge in [0.1, 0.15) is 18.0 Å². The molecular formula is C17H24N6O. The Morgan fingerprint density at radius 3 is 2.79 bits per heavy atom. The van der Waals surface area contributed by atoms with Crippen LogP contribution in [0.5, 0.6) is 0 Å². The van der Waals surface area contributed by atoms with E-state index in [1.54, 1.807) is 32.0 Å². The summed E-state index contributed by atoms with van der Waals surface area (Å²) < 4.78 is 5.15. The second-order valence-corrected chi connectivity index (χ2v) is 6.09. The average molecular weight is 328 g/mol. The molecule has 0 bridgehead atoms. The predicted molar refractivity (Wildman–Crippen MR) is 92.1 cm³/mol. The van der Waals surface area contributed by atoms with Crippen LogP contribution in [0.25, 0.3) is 0 Å². The first-order valence-corrected chi connectivity index (χ1v) is 8.39. The van der Waals surface area contributed by atoms with Gasteiger partial charge in [-0.2, -0.15) is 0 Å². The quantitative estimate of drug-likeness (QED) is 0.832. The molecule has 2 aromatic rings. The minimum Gasteiger partial charge on any atom is -0.383 e. The third kappa shape index (κ3) is 4.94. The molecule has 0 amide bonds. The third-order valence-corrected chi connectivity index (χ3v) is 4.36. The summed E-state index contributed by atoms with van der Waals surface area (Å²) in [5.74, 6) is 2.13. The van der Waals surface area contributed by atoms with Gasteiger partial charge in [-0.25, -0.2) is 15.0 Å². The van der Waals surface area contributed by atoms with Crippen LogP contribution in [-0.2, 0) is 11.2 Å². The van der Waals surface area contributed by atoms with Crippen molar-refractivity contribution in [3.63, 3.8) is 0 Å². The molecule has 0 unspecified atom stereocenters. The fourth-order valence-electron chi connectivity index (χ4n) is 3.00. The summed E-state index contributed by atoms with van der Waals surface area (Å²) in [5, 5.41) is 3.16. The first kappa shape index (κ1) is 16.7. The molecule has 1 aliphatic rings. The van der Waals surface area contributed by atoms with E-state index < -0.39 is 0 Å². The van der Waals surface area contributed by atoms with Crippen molar-refractivity contribution in [3.8, 4) is 0 Å². The molecule has 3 rings (SSSR count). The Hall–Kier alpha value is -2.12. The summed E-state index contributed by atoms with van der Waals surface area (Å²) in [6.45, 7) is 4.13. The minimum atomic E-state index is 0.683. The first-order chi connectivity index (χ1) is 11.8. The summed E-state index contributed by atoms with van der Waals surface area (Å²) >= 11 is 0. The van der Waals surface area contributed by atoms with Gasteiger partial charge < -0.3 is 15.0 Å². The highest BCUT2D eigenvalue weighted by Gasteiger charge is 2.19. The van der Waals surface area contributed by atoms with Crippen LogP contribution in [0.2, 0.25) is 0 Å². The SMILES string of the molecule is COCCN1CCC(Cc2cc(Nc3cnccn3)ncn2)CC1. The van der Waals surface area contributed by atoms with Gasteiger partial charge in [0.25, 0.3) is 0 Å². The highest BCUT2D eigenvalue weighted by Crippen LogP contribution is 2.21. The zero-order valence-corrected chi connectivity index (χ0v) is 14.1. The summed E-state index contributed by atoms with van der Waals surface area (Å²) in [6.07, 6.45) is 10.0. The maximum atomic E-state index is 5.15. The highest BCUT2D eigenvalue weighted by atomic mass is 16.5. The zero-order valence-electron chi connectivity index (χ0n) is 14.1. The van der Waals surface area contributed by atoms with E-state index in [9.17, 15) is 0 Å². The molecule has 7 heteroatoms.